The Morgan fingerprint density at radius 1 is 1.27 bits per heavy atom. The van der Waals surface area contributed by atoms with E-state index in [2.05, 4.69) is 5.32 Å². The van der Waals surface area contributed by atoms with Gasteiger partial charge in [-0.3, -0.25) is 19.0 Å². The van der Waals surface area contributed by atoms with Crippen molar-refractivity contribution >= 4 is 39.1 Å². The number of fused-ring (bicyclic) bond motifs is 2. The van der Waals surface area contributed by atoms with Gasteiger partial charge in [-0.15, -0.1) is 11.3 Å². The lowest BCUT2D eigenvalue weighted by molar-refractivity contribution is -0.116. The number of carbonyl (C=O) groups is 2. The predicted molar refractivity (Wildman–Crippen MR) is 118 cm³/mol. The van der Waals surface area contributed by atoms with Crippen LogP contribution in [-0.2, 0) is 24.2 Å². The van der Waals surface area contributed by atoms with Gasteiger partial charge in [-0.1, -0.05) is 12.1 Å². The van der Waals surface area contributed by atoms with Crippen LogP contribution >= 0.6 is 11.3 Å². The summed E-state index contributed by atoms with van der Waals surface area (Å²) in [7, 11) is 1.53. The molecule has 0 fully saturated rings. The molecule has 8 heteroatoms. The summed E-state index contributed by atoms with van der Waals surface area (Å²) in [6.07, 6.45) is 3.74. The van der Waals surface area contributed by atoms with Gasteiger partial charge in [0.25, 0.3) is 11.5 Å². The van der Waals surface area contributed by atoms with E-state index in [9.17, 15) is 14.4 Å². The van der Waals surface area contributed by atoms with E-state index in [4.69, 9.17) is 10.5 Å². The number of anilines is 1. The number of pyridine rings is 1. The number of primary amides is 1. The third-order valence-corrected chi connectivity index (χ3v) is 6.70. The summed E-state index contributed by atoms with van der Waals surface area (Å²) >= 11 is 1.40. The summed E-state index contributed by atoms with van der Waals surface area (Å²) in [5, 5.41) is 4.13. The first-order chi connectivity index (χ1) is 14.4. The molecule has 156 valence electrons. The smallest absolute Gasteiger partial charge is 0.251 e. The van der Waals surface area contributed by atoms with E-state index >= 15 is 0 Å². The lowest BCUT2D eigenvalue weighted by atomic mass is 9.95. The van der Waals surface area contributed by atoms with Gasteiger partial charge < -0.3 is 15.8 Å². The first-order valence-corrected chi connectivity index (χ1v) is 10.6. The number of methoxy groups -OCH3 is 1. The number of hydrogen-bond acceptors (Lipinski definition) is 5. The molecule has 7 nitrogen and oxygen atoms in total. The van der Waals surface area contributed by atoms with Crippen molar-refractivity contribution in [1.82, 2.24) is 4.57 Å². The average molecular weight is 426 g/mol. The fourth-order valence-electron chi connectivity index (χ4n) is 4.12. The quantitative estimate of drug-likeness (QED) is 0.656. The molecule has 0 aliphatic heterocycles. The predicted octanol–water partition coefficient (Wildman–Crippen LogP) is 3.00. The van der Waals surface area contributed by atoms with Crippen molar-refractivity contribution < 1.29 is 14.3 Å². The third-order valence-electron chi connectivity index (χ3n) is 5.49. The van der Waals surface area contributed by atoms with Crippen LogP contribution in [0.5, 0.6) is 5.75 Å². The molecule has 0 saturated heterocycles. The molecule has 3 aromatic rings. The van der Waals surface area contributed by atoms with Crippen molar-refractivity contribution in [3.8, 4) is 5.75 Å². The molecule has 4 rings (SSSR count). The molecular formula is C22H23N3O4S. The number of nitrogens with one attached hydrogen (secondary N) is 1. The second kappa shape index (κ2) is 7.95. The van der Waals surface area contributed by atoms with Crippen LogP contribution in [0.2, 0.25) is 0 Å². The maximum Gasteiger partial charge on any atom is 0.251 e. The zero-order valence-corrected chi connectivity index (χ0v) is 17.7. The molecule has 2 aromatic heterocycles. The zero-order valence-electron chi connectivity index (χ0n) is 16.9. The van der Waals surface area contributed by atoms with Crippen molar-refractivity contribution in [3.63, 3.8) is 0 Å². The van der Waals surface area contributed by atoms with Crippen molar-refractivity contribution in [3.05, 3.63) is 56.2 Å². The molecule has 0 atom stereocenters. The normalized spacial score (nSPS) is 13.1. The minimum atomic E-state index is -0.538. The lowest BCUT2D eigenvalue weighted by Crippen LogP contribution is -2.28. The van der Waals surface area contributed by atoms with E-state index < -0.39 is 11.8 Å². The number of aromatic nitrogens is 1. The average Bonchev–Trinajstić information content (AvgIpc) is 3.08. The number of amides is 2. The monoisotopic (exact) mass is 425 g/mol. The second-order valence-corrected chi connectivity index (χ2v) is 8.54. The van der Waals surface area contributed by atoms with Gasteiger partial charge in [-0.2, -0.15) is 0 Å². The van der Waals surface area contributed by atoms with Gasteiger partial charge in [0, 0.05) is 16.3 Å². The molecular weight excluding hydrogens is 402 g/mol. The van der Waals surface area contributed by atoms with Gasteiger partial charge in [0.05, 0.1) is 18.2 Å². The minimum absolute atomic E-state index is 0.198. The number of carbonyl (C=O) groups excluding carboxylic acids is 2. The van der Waals surface area contributed by atoms with E-state index in [1.165, 1.54) is 29.1 Å². The van der Waals surface area contributed by atoms with Crippen molar-refractivity contribution in [1.29, 1.82) is 0 Å². The maximum absolute atomic E-state index is 12.9. The van der Waals surface area contributed by atoms with Crippen LogP contribution < -0.4 is 21.3 Å². The molecule has 0 bridgehead atoms. The first-order valence-electron chi connectivity index (χ1n) is 9.82. The van der Waals surface area contributed by atoms with Gasteiger partial charge in [0.1, 0.15) is 17.3 Å². The number of para-hydroxylation sites is 1. The molecule has 30 heavy (non-hydrogen) atoms. The topological polar surface area (TPSA) is 103 Å². The number of nitrogens with two attached hydrogens (primary N) is 1. The standard InChI is InChI=1S/C22H23N3O4S/c1-12-10-18(27)25(20-13(12)7-5-8-15(20)29-2)11-17(26)24-22-19(21(23)28)14-6-3-4-9-16(14)30-22/h5,7-8,10H,3-4,6,9,11H2,1-2H3,(H2,23,28)(H,24,26). The fraction of sp³-hybridized carbons (Fsp3) is 0.318. The Morgan fingerprint density at radius 3 is 2.77 bits per heavy atom. The minimum Gasteiger partial charge on any atom is -0.495 e. The number of benzene rings is 1. The van der Waals surface area contributed by atoms with E-state index in [1.54, 1.807) is 6.07 Å². The van der Waals surface area contributed by atoms with Crippen molar-refractivity contribution in [2.45, 2.75) is 39.2 Å². The van der Waals surface area contributed by atoms with Crippen LogP contribution in [0.25, 0.3) is 10.9 Å². The molecule has 1 aliphatic rings. The van der Waals surface area contributed by atoms with Crippen LogP contribution in [0.15, 0.2) is 29.1 Å². The number of thiophene rings is 1. The number of aryl methyl sites for hydroxylation is 2. The molecule has 0 spiro atoms. The van der Waals surface area contributed by atoms with Crippen LogP contribution in [0.4, 0.5) is 5.00 Å². The molecule has 1 aromatic carbocycles. The Morgan fingerprint density at radius 2 is 2.03 bits per heavy atom. The molecule has 0 saturated carbocycles. The third kappa shape index (κ3) is 3.47. The van der Waals surface area contributed by atoms with Crippen LogP contribution in [0.3, 0.4) is 0 Å². The molecule has 0 radical (unpaired) electrons. The highest BCUT2D eigenvalue weighted by Gasteiger charge is 2.25. The van der Waals surface area contributed by atoms with Crippen molar-refractivity contribution in [2.75, 3.05) is 12.4 Å². The number of ether oxygens (including phenoxy) is 1. The number of nitrogens with zero attached hydrogens (tertiary/aromatic N) is 1. The highest BCUT2D eigenvalue weighted by atomic mass is 32.1. The molecule has 3 N–H and O–H groups in total. The summed E-state index contributed by atoms with van der Waals surface area (Å²) in [5.74, 6) is -0.413. The van der Waals surface area contributed by atoms with Crippen LogP contribution in [-0.4, -0.2) is 23.5 Å². The molecule has 1 aliphatic carbocycles. The maximum atomic E-state index is 12.9. The zero-order chi connectivity index (χ0) is 21.4. The SMILES string of the molecule is COc1cccc2c(C)cc(=O)n(CC(=O)Nc3sc4c(c3C(N)=O)CCCC4)c12. The van der Waals surface area contributed by atoms with Gasteiger partial charge in [-0.25, -0.2) is 0 Å². The van der Waals surface area contributed by atoms with E-state index in [0.29, 0.717) is 21.8 Å². The summed E-state index contributed by atoms with van der Waals surface area (Å²) in [5.41, 5.74) is 8.06. The molecule has 0 unspecified atom stereocenters. The molecule has 2 heterocycles. The van der Waals surface area contributed by atoms with Gasteiger partial charge in [0.2, 0.25) is 5.91 Å². The summed E-state index contributed by atoms with van der Waals surface area (Å²) in [4.78, 5) is 38.7. The van der Waals surface area contributed by atoms with Crippen LogP contribution in [0.1, 0.15) is 39.2 Å². The Balaban J connectivity index is 1.71. The van der Waals surface area contributed by atoms with Crippen molar-refractivity contribution in [2.24, 2.45) is 5.73 Å². The highest BCUT2D eigenvalue weighted by Crippen LogP contribution is 2.38. The fourth-order valence-corrected chi connectivity index (χ4v) is 5.43. The number of hydrogen-bond donors (Lipinski definition) is 2. The lowest BCUT2D eigenvalue weighted by Gasteiger charge is -2.15. The Kier molecular flexibility index (Phi) is 5.34. The first kappa shape index (κ1) is 20.2. The Bertz CT molecular complexity index is 1230. The molecule has 2 amide bonds. The summed E-state index contributed by atoms with van der Waals surface area (Å²) in [6, 6.07) is 7.00. The van der Waals surface area contributed by atoms with E-state index in [1.807, 2.05) is 19.1 Å². The Labute approximate surface area is 177 Å². The van der Waals surface area contributed by atoms with Crippen LogP contribution in [0, 0.1) is 6.92 Å². The van der Waals surface area contributed by atoms with E-state index in [0.717, 1.165) is 47.1 Å². The van der Waals surface area contributed by atoms with Gasteiger partial charge in [0.15, 0.2) is 0 Å². The van der Waals surface area contributed by atoms with E-state index in [-0.39, 0.29) is 12.1 Å². The number of rotatable bonds is 5. The highest BCUT2D eigenvalue weighted by molar-refractivity contribution is 7.17. The second-order valence-electron chi connectivity index (χ2n) is 7.44. The summed E-state index contributed by atoms with van der Waals surface area (Å²) in [6.45, 7) is 1.65. The van der Waals surface area contributed by atoms with Gasteiger partial charge in [-0.05, 0) is 49.8 Å². The largest absolute Gasteiger partial charge is 0.495 e. The van der Waals surface area contributed by atoms with Gasteiger partial charge >= 0.3 is 0 Å². The Hall–Kier alpha value is -3.13. The summed E-state index contributed by atoms with van der Waals surface area (Å²) < 4.78 is 6.83.